The van der Waals surface area contributed by atoms with Crippen LogP contribution >= 0.6 is 0 Å². The van der Waals surface area contributed by atoms with Crippen molar-refractivity contribution in [2.24, 2.45) is 5.41 Å². The Hall–Kier alpha value is -1.36. The number of nitrogens with one attached hydrogen (secondary N) is 1. The molecule has 0 aliphatic heterocycles. The lowest BCUT2D eigenvalue weighted by atomic mass is 9.74. The van der Waals surface area contributed by atoms with Crippen LogP contribution in [0.4, 0.5) is 0 Å². The third-order valence-corrected chi connectivity index (χ3v) is 3.26. The second-order valence-electron chi connectivity index (χ2n) is 4.61. The molecule has 1 aliphatic carbocycles. The van der Waals surface area contributed by atoms with Crippen molar-refractivity contribution >= 4 is 11.9 Å². The van der Waals surface area contributed by atoms with Crippen LogP contribution in [0.25, 0.3) is 0 Å². The molecule has 0 atom stereocenters. The zero-order valence-electron chi connectivity index (χ0n) is 9.82. The molecule has 5 nitrogen and oxygen atoms in total. The van der Waals surface area contributed by atoms with E-state index in [4.69, 9.17) is 5.11 Å². The Bertz CT molecular complexity index is 306. The van der Waals surface area contributed by atoms with Gasteiger partial charge in [-0.05, 0) is 12.8 Å². The maximum absolute atomic E-state index is 11.3. The van der Waals surface area contributed by atoms with Gasteiger partial charge in [0.25, 0.3) is 0 Å². The summed E-state index contributed by atoms with van der Waals surface area (Å²) in [5.74, 6) is -1.57. The summed E-state index contributed by atoms with van der Waals surface area (Å²) < 4.78 is 0. The third-order valence-electron chi connectivity index (χ3n) is 3.26. The Morgan fingerprint density at radius 2 is 1.82 bits per heavy atom. The first-order valence-electron chi connectivity index (χ1n) is 5.88. The summed E-state index contributed by atoms with van der Waals surface area (Å²) in [4.78, 5) is 21.5. The first-order valence-corrected chi connectivity index (χ1v) is 5.88. The summed E-state index contributed by atoms with van der Waals surface area (Å²) in [6, 6.07) is 0. The van der Waals surface area contributed by atoms with Crippen LogP contribution in [0, 0.1) is 5.41 Å². The molecule has 0 unspecified atom stereocenters. The van der Waals surface area contributed by atoms with Gasteiger partial charge in [0, 0.05) is 24.1 Å². The van der Waals surface area contributed by atoms with Gasteiger partial charge in [-0.25, -0.2) is 4.79 Å². The SMILES string of the molecule is O=C(O)/C=C/C(=O)NCC1(CO)CCCCC1. The number of aliphatic carboxylic acids is 1. The Morgan fingerprint density at radius 1 is 1.18 bits per heavy atom. The zero-order chi connectivity index (χ0) is 12.7. The topological polar surface area (TPSA) is 86.6 Å². The van der Waals surface area contributed by atoms with Gasteiger partial charge in [0.15, 0.2) is 0 Å². The van der Waals surface area contributed by atoms with Gasteiger partial charge in [0.05, 0.1) is 6.61 Å². The molecular formula is C12H19NO4. The van der Waals surface area contributed by atoms with Crippen molar-refractivity contribution in [3.05, 3.63) is 12.2 Å². The molecule has 1 aliphatic rings. The minimum Gasteiger partial charge on any atom is -0.478 e. The number of rotatable bonds is 5. The van der Waals surface area contributed by atoms with E-state index in [0.717, 1.165) is 37.8 Å². The lowest BCUT2D eigenvalue weighted by Crippen LogP contribution is -2.41. The number of carboxylic acids is 1. The van der Waals surface area contributed by atoms with Gasteiger partial charge in [-0.15, -0.1) is 0 Å². The molecule has 96 valence electrons. The molecule has 0 spiro atoms. The van der Waals surface area contributed by atoms with Gasteiger partial charge < -0.3 is 15.5 Å². The van der Waals surface area contributed by atoms with Gasteiger partial charge in [0.1, 0.15) is 0 Å². The van der Waals surface area contributed by atoms with E-state index in [0.29, 0.717) is 6.54 Å². The molecule has 0 saturated heterocycles. The van der Waals surface area contributed by atoms with Gasteiger partial charge in [-0.1, -0.05) is 19.3 Å². The molecule has 1 saturated carbocycles. The average Bonchev–Trinajstić information content (AvgIpc) is 2.35. The summed E-state index contributed by atoms with van der Waals surface area (Å²) in [6.45, 7) is 0.474. The van der Waals surface area contributed by atoms with E-state index in [1.165, 1.54) is 6.42 Å². The van der Waals surface area contributed by atoms with E-state index >= 15 is 0 Å². The minimum absolute atomic E-state index is 0.0654. The quantitative estimate of drug-likeness (QED) is 0.618. The number of hydrogen-bond acceptors (Lipinski definition) is 3. The fourth-order valence-corrected chi connectivity index (χ4v) is 2.17. The van der Waals surface area contributed by atoms with Crippen molar-refractivity contribution in [3.8, 4) is 0 Å². The second-order valence-corrected chi connectivity index (χ2v) is 4.61. The van der Waals surface area contributed by atoms with Crippen molar-refractivity contribution in [3.63, 3.8) is 0 Å². The van der Waals surface area contributed by atoms with Crippen LogP contribution < -0.4 is 5.32 Å². The molecule has 0 heterocycles. The lowest BCUT2D eigenvalue weighted by molar-refractivity contribution is -0.131. The van der Waals surface area contributed by atoms with Crippen LogP contribution in [0.5, 0.6) is 0 Å². The summed E-state index contributed by atoms with van der Waals surface area (Å²) in [5.41, 5.74) is -0.217. The molecule has 1 fully saturated rings. The maximum Gasteiger partial charge on any atom is 0.328 e. The fraction of sp³-hybridized carbons (Fsp3) is 0.667. The molecule has 0 radical (unpaired) electrons. The molecule has 17 heavy (non-hydrogen) atoms. The third kappa shape index (κ3) is 4.56. The van der Waals surface area contributed by atoms with E-state index < -0.39 is 11.9 Å². The van der Waals surface area contributed by atoms with E-state index in [-0.39, 0.29) is 12.0 Å². The van der Waals surface area contributed by atoms with Crippen molar-refractivity contribution in [2.75, 3.05) is 13.2 Å². The number of aliphatic hydroxyl groups is 1. The molecule has 1 amide bonds. The highest BCUT2D eigenvalue weighted by atomic mass is 16.4. The fourth-order valence-electron chi connectivity index (χ4n) is 2.17. The highest BCUT2D eigenvalue weighted by molar-refractivity contribution is 5.93. The largest absolute Gasteiger partial charge is 0.478 e. The number of aliphatic hydroxyl groups excluding tert-OH is 1. The summed E-state index contributed by atoms with van der Waals surface area (Å²) in [6.07, 6.45) is 6.94. The van der Waals surface area contributed by atoms with Gasteiger partial charge >= 0.3 is 5.97 Å². The van der Waals surface area contributed by atoms with E-state index in [9.17, 15) is 14.7 Å². The number of carboxylic acid groups (broad SMARTS) is 1. The van der Waals surface area contributed by atoms with Crippen LogP contribution in [0.3, 0.4) is 0 Å². The monoisotopic (exact) mass is 241 g/mol. The van der Waals surface area contributed by atoms with E-state index in [2.05, 4.69) is 5.32 Å². The average molecular weight is 241 g/mol. The minimum atomic E-state index is -1.14. The molecule has 0 bridgehead atoms. The van der Waals surface area contributed by atoms with Crippen LogP contribution in [-0.2, 0) is 9.59 Å². The Morgan fingerprint density at radius 3 is 2.35 bits per heavy atom. The van der Waals surface area contributed by atoms with Crippen molar-refractivity contribution in [2.45, 2.75) is 32.1 Å². The molecule has 5 heteroatoms. The molecule has 1 rings (SSSR count). The molecule has 3 N–H and O–H groups in total. The van der Waals surface area contributed by atoms with E-state index in [1.54, 1.807) is 0 Å². The van der Waals surface area contributed by atoms with Crippen molar-refractivity contribution < 1.29 is 19.8 Å². The predicted molar refractivity (Wildman–Crippen MR) is 62.4 cm³/mol. The summed E-state index contributed by atoms with van der Waals surface area (Å²) >= 11 is 0. The number of amides is 1. The van der Waals surface area contributed by atoms with Crippen LogP contribution in [-0.4, -0.2) is 35.2 Å². The zero-order valence-corrected chi connectivity index (χ0v) is 9.82. The predicted octanol–water partition coefficient (Wildman–Crippen LogP) is 0.686. The van der Waals surface area contributed by atoms with Crippen molar-refractivity contribution in [1.82, 2.24) is 5.32 Å². The normalized spacial score (nSPS) is 19.1. The standard InChI is InChI=1S/C12H19NO4/c14-9-12(6-2-1-3-7-12)8-13-10(15)4-5-11(16)17/h4-5,14H,1-3,6-9H2,(H,13,15)(H,16,17)/b5-4+. The van der Waals surface area contributed by atoms with Crippen LogP contribution in [0.1, 0.15) is 32.1 Å². The van der Waals surface area contributed by atoms with Gasteiger partial charge in [0.2, 0.25) is 5.91 Å². The first-order chi connectivity index (χ1) is 8.08. The first kappa shape index (κ1) is 13.7. The Balaban J connectivity index is 2.42. The highest BCUT2D eigenvalue weighted by Gasteiger charge is 2.31. The second kappa shape index (κ2) is 6.39. The smallest absolute Gasteiger partial charge is 0.328 e. The van der Waals surface area contributed by atoms with Crippen LogP contribution in [0.15, 0.2) is 12.2 Å². The number of carbonyl (C=O) groups excluding carboxylic acids is 1. The lowest BCUT2D eigenvalue weighted by Gasteiger charge is -2.35. The molecule has 0 aromatic rings. The number of carbonyl (C=O) groups is 2. The summed E-state index contributed by atoms with van der Waals surface area (Å²) in [5, 5.41) is 20.4. The molecule has 0 aromatic heterocycles. The maximum atomic E-state index is 11.3. The molecule has 0 aromatic carbocycles. The molecular weight excluding hydrogens is 222 g/mol. The Kier molecular flexibility index (Phi) is 5.15. The van der Waals surface area contributed by atoms with Crippen molar-refractivity contribution in [1.29, 1.82) is 0 Å². The van der Waals surface area contributed by atoms with E-state index in [1.807, 2.05) is 0 Å². The van der Waals surface area contributed by atoms with Crippen LogP contribution in [0.2, 0.25) is 0 Å². The highest BCUT2D eigenvalue weighted by Crippen LogP contribution is 2.35. The Labute approximate surface area is 101 Å². The summed E-state index contributed by atoms with van der Waals surface area (Å²) in [7, 11) is 0. The van der Waals surface area contributed by atoms with Gasteiger partial charge in [-0.2, -0.15) is 0 Å². The van der Waals surface area contributed by atoms with Gasteiger partial charge in [-0.3, -0.25) is 4.79 Å². The number of hydrogen-bond donors (Lipinski definition) is 3.